The molecule has 7 heteroatoms. The highest BCUT2D eigenvalue weighted by Gasteiger charge is 2.21. The minimum absolute atomic E-state index is 0.0481. The number of benzene rings is 3. The van der Waals surface area contributed by atoms with E-state index in [0.29, 0.717) is 22.3 Å². The Labute approximate surface area is 215 Å². The first-order valence-electron chi connectivity index (χ1n) is 12.5. The van der Waals surface area contributed by atoms with Crippen molar-refractivity contribution < 1.29 is 9.18 Å². The lowest BCUT2D eigenvalue weighted by Gasteiger charge is -2.32. The molecule has 1 fully saturated rings. The van der Waals surface area contributed by atoms with E-state index >= 15 is 0 Å². The molecule has 5 nitrogen and oxygen atoms in total. The lowest BCUT2D eigenvalue weighted by molar-refractivity contribution is -0.114. The second-order valence-electron chi connectivity index (χ2n) is 9.48. The van der Waals surface area contributed by atoms with Gasteiger partial charge in [-0.3, -0.25) is 4.79 Å². The number of halogens is 2. The molecule has 0 unspecified atom stereocenters. The average molecular weight is 505 g/mol. The number of likely N-dealkylation sites (tertiary alicyclic amines) is 1. The van der Waals surface area contributed by atoms with Gasteiger partial charge in [-0.15, -0.1) is 0 Å². The minimum atomic E-state index is -0.273. The number of fused-ring (bicyclic) bond motifs is 1. The Hall–Kier alpha value is -3.22. The van der Waals surface area contributed by atoms with Crippen molar-refractivity contribution in [3.05, 3.63) is 83.1 Å². The highest BCUT2D eigenvalue weighted by atomic mass is 35.5. The van der Waals surface area contributed by atoms with Gasteiger partial charge in [-0.2, -0.15) is 0 Å². The second-order valence-corrected chi connectivity index (χ2v) is 9.91. The number of anilines is 1. The molecule has 0 atom stereocenters. The fraction of sp³-hybridized carbons (Fsp3) is 0.310. The van der Waals surface area contributed by atoms with Crippen LogP contribution in [0, 0.1) is 5.82 Å². The Morgan fingerprint density at radius 3 is 2.64 bits per heavy atom. The molecule has 3 aromatic carbocycles. The van der Waals surface area contributed by atoms with Gasteiger partial charge < -0.3 is 14.8 Å². The van der Waals surface area contributed by atoms with Gasteiger partial charge in [-0.05, 0) is 92.8 Å². The molecule has 4 aromatic rings. The Morgan fingerprint density at radius 2 is 1.86 bits per heavy atom. The smallest absolute Gasteiger partial charge is 0.221 e. The van der Waals surface area contributed by atoms with Crippen molar-refractivity contribution in [3.63, 3.8) is 0 Å². The van der Waals surface area contributed by atoms with E-state index in [4.69, 9.17) is 16.6 Å². The third-order valence-corrected chi connectivity index (χ3v) is 7.18. The molecule has 0 radical (unpaired) electrons. The zero-order valence-corrected chi connectivity index (χ0v) is 21.1. The van der Waals surface area contributed by atoms with Gasteiger partial charge in [0.2, 0.25) is 5.91 Å². The number of nitrogens with one attached hydrogen (secondary N) is 1. The minimum Gasteiger partial charge on any atom is -0.326 e. The fourth-order valence-corrected chi connectivity index (χ4v) is 5.35. The molecule has 0 aliphatic carbocycles. The number of nitrogens with zero attached hydrogens (tertiary/aromatic N) is 3. The monoisotopic (exact) mass is 504 g/mol. The molecular formula is C29H30ClFN4O. The number of hydrogen-bond donors (Lipinski definition) is 1. The summed E-state index contributed by atoms with van der Waals surface area (Å²) in [7, 11) is 0. The van der Waals surface area contributed by atoms with E-state index in [9.17, 15) is 9.18 Å². The number of imidazole rings is 1. The molecule has 2 heterocycles. The maximum atomic E-state index is 14.6. The predicted octanol–water partition coefficient (Wildman–Crippen LogP) is 6.72. The number of piperidine rings is 1. The fourth-order valence-electron chi connectivity index (χ4n) is 5.19. The zero-order valence-electron chi connectivity index (χ0n) is 20.4. The maximum Gasteiger partial charge on any atom is 0.221 e. The van der Waals surface area contributed by atoms with E-state index in [1.165, 1.54) is 18.6 Å². The van der Waals surface area contributed by atoms with E-state index in [1.807, 2.05) is 36.4 Å². The van der Waals surface area contributed by atoms with Crippen LogP contribution in [0.25, 0.3) is 22.4 Å². The SMILES string of the molecule is CC(=O)Nc1cccc(C2CCN(CCCn3c(-c4ccccc4F)nc4ccc(Cl)cc43)CC2)c1. The van der Waals surface area contributed by atoms with Gasteiger partial charge in [0, 0.05) is 24.2 Å². The van der Waals surface area contributed by atoms with Gasteiger partial charge in [0.05, 0.1) is 16.6 Å². The van der Waals surface area contributed by atoms with Crippen molar-refractivity contribution in [2.45, 2.75) is 38.6 Å². The van der Waals surface area contributed by atoms with Gasteiger partial charge in [-0.1, -0.05) is 35.9 Å². The summed E-state index contributed by atoms with van der Waals surface area (Å²) in [6.07, 6.45) is 3.11. The summed E-state index contributed by atoms with van der Waals surface area (Å²) >= 11 is 6.29. The molecule has 36 heavy (non-hydrogen) atoms. The highest BCUT2D eigenvalue weighted by molar-refractivity contribution is 6.31. The topological polar surface area (TPSA) is 50.2 Å². The quantitative estimate of drug-likeness (QED) is 0.304. The van der Waals surface area contributed by atoms with Crippen LogP contribution in [0.2, 0.25) is 5.02 Å². The molecule has 186 valence electrons. The lowest BCUT2D eigenvalue weighted by atomic mass is 9.89. The van der Waals surface area contributed by atoms with E-state index in [2.05, 4.69) is 26.9 Å². The van der Waals surface area contributed by atoms with Crippen LogP contribution in [0.4, 0.5) is 10.1 Å². The first-order chi connectivity index (χ1) is 17.5. The lowest BCUT2D eigenvalue weighted by Crippen LogP contribution is -2.34. The summed E-state index contributed by atoms with van der Waals surface area (Å²) in [6.45, 7) is 5.30. The number of rotatable bonds is 7. The van der Waals surface area contributed by atoms with Gasteiger partial charge in [0.25, 0.3) is 0 Å². The molecule has 1 aromatic heterocycles. The van der Waals surface area contributed by atoms with Crippen molar-refractivity contribution in [2.24, 2.45) is 0 Å². The number of aryl methyl sites for hydroxylation is 1. The number of carbonyl (C=O) groups excluding carboxylic acids is 1. The van der Waals surface area contributed by atoms with Crippen LogP contribution >= 0.6 is 11.6 Å². The van der Waals surface area contributed by atoms with Crippen molar-refractivity contribution in [1.29, 1.82) is 0 Å². The Balaban J connectivity index is 1.24. The Bertz CT molecular complexity index is 1380. The molecule has 5 rings (SSSR count). The molecule has 1 amide bonds. The summed E-state index contributed by atoms with van der Waals surface area (Å²) < 4.78 is 16.7. The van der Waals surface area contributed by atoms with Crippen LogP contribution in [-0.2, 0) is 11.3 Å². The van der Waals surface area contributed by atoms with Crippen LogP contribution in [0.15, 0.2) is 66.7 Å². The maximum absolute atomic E-state index is 14.6. The number of aromatic nitrogens is 2. The summed E-state index contributed by atoms with van der Waals surface area (Å²) in [4.78, 5) is 18.6. The summed E-state index contributed by atoms with van der Waals surface area (Å²) in [5.74, 6) is 0.823. The van der Waals surface area contributed by atoms with Gasteiger partial charge in [0.15, 0.2) is 0 Å². The van der Waals surface area contributed by atoms with Crippen molar-refractivity contribution in [2.75, 3.05) is 25.0 Å². The number of hydrogen-bond acceptors (Lipinski definition) is 3. The van der Waals surface area contributed by atoms with Crippen LogP contribution in [0.5, 0.6) is 0 Å². The van der Waals surface area contributed by atoms with Crippen molar-refractivity contribution in [3.8, 4) is 11.4 Å². The standard InChI is InChI=1S/C29H30ClFN4O/c1-20(36)32-24-7-4-6-22(18-24)21-12-16-34(17-13-21)14-5-15-35-28-19-23(30)10-11-27(28)33-29(35)25-8-2-3-9-26(25)31/h2-4,6-11,18-19,21H,5,12-17H2,1H3,(H,32,36). The van der Waals surface area contributed by atoms with Gasteiger partial charge >= 0.3 is 0 Å². The molecule has 1 aliphatic rings. The largest absolute Gasteiger partial charge is 0.326 e. The third kappa shape index (κ3) is 5.45. The molecule has 1 N–H and O–H groups in total. The molecule has 0 saturated carbocycles. The van der Waals surface area contributed by atoms with E-state index in [-0.39, 0.29) is 11.7 Å². The molecule has 0 bridgehead atoms. The van der Waals surface area contributed by atoms with Crippen LogP contribution in [-0.4, -0.2) is 40.0 Å². The summed E-state index contributed by atoms with van der Waals surface area (Å²) in [5, 5.41) is 3.53. The number of amides is 1. The average Bonchev–Trinajstić information content (AvgIpc) is 3.22. The van der Waals surface area contributed by atoms with Crippen molar-refractivity contribution in [1.82, 2.24) is 14.5 Å². The molecule has 1 saturated heterocycles. The number of carbonyl (C=O) groups is 1. The summed E-state index contributed by atoms with van der Waals surface area (Å²) in [6, 6.07) is 20.6. The van der Waals surface area contributed by atoms with E-state index in [0.717, 1.165) is 62.2 Å². The highest BCUT2D eigenvalue weighted by Crippen LogP contribution is 2.31. The van der Waals surface area contributed by atoms with Crippen molar-refractivity contribution >= 4 is 34.2 Å². The Morgan fingerprint density at radius 1 is 1.06 bits per heavy atom. The first kappa shape index (κ1) is 24.5. The summed E-state index contributed by atoms with van der Waals surface area (Å²) in [5.41, 5.74) is 4.41. The molecule has 0 spiro atoms. The van der Waals surface area contributed by atoms with Crippen LogP contribution in [0.1, 0.15) is 37.7 Å². The molecule has 1 aliphatic heterocycles. The third-order valence-electron chi connectivity index (χ3n) is 6.95. The van der Waals surface area contributed by atoms with Crippen LogP contribution < -0.4 is 5.32 Å². The first-order valence-corrected chi connectivity index (χ1v) is 12.9. The van der Waals surface area contributed by atoms with E-state index < -0.39 is 0 Å². The zero-order chi connectivity index (χ0) is 25.1. The Kier molecular flexibility index (Phi) is 7.35. The predicted molar refractivity (Wildman–Crippen MR) is 144 cm³/mol. The normalized spacial score (nSPS) is 14.9. The van der Waals surface area contributed by atoms with Gasteiger partial charge in [0.1, 0.15) is 11.6 Å². The second kappa shape index (κ2) is 10.8. The van der Waals surface area contributed by atoms with Crippen LogP contribution in [0.3, 0.4) is 0 Å². The molecular weight excluding hydrogens is 475 g/mol. The van der Waals surface area contributed by atoms with E-state index in [1.54, 1.807) is 12.1 Å². The van der Waals surface area contributed by atoms with Gasteiger partial charge in [-0.25, -0.2) is 9.37 Å².